The number of benzene rings is 3. The molecule has 0 saturated heterocycles. The molecule has 3 rings (SSSR count). The highest BCUT2D eigenvalue weighted by molar-refractivity contribution is 9.10. The van der Waals surface area contributed by atoms with E-state index in [0.717, 1.165) is 22.0 Å². The number of fused-ring (bicyclic) bond motifs is 1. The summed E-state index contributed by atoms with van der Waals surface area (Å²) in [4.78, 5) is 12.2. The van der Waals surface area contributed by atoms with Crippen LogP contribution in [-0.4, -0.2) is 11.9 Å². The molecule has 5 heteroatoms. The average molecular weight is 463 g/mol. The number of carbonyl (C=O) groups is 1. The molecule has 1 N–H and O–H groups in total. The summed E-state index contributed by atoms with van der Waals surface area (Å²) in [7, 11) is 0. The molecule has 0 saturated carbocycles. The highest BCUT2D eigenvalue weighted by Gasteiger charge is 2.12. The van der Waals surface area contributed by atoms with Crippen molar-refractivity contribution in [3.05, 3.63) is 81.8 Å². The number of nitrogens with one attached hydrogen (secondary N) is 1. The van der Waals surface area contributed by atoms with E-state index in [2.05, 4.69) is 45.5 Å². The maximum atomic E-state index is 12.2. The van der Waals surface area contributed by atoms with E-state index in [0.29, 0.717) is 12.4 Å². The van der Waals surface area contributed by atoms with Crippen LogP contribution in [0.4, 0.5) is 0 Å². The van der Waals surface area contributed by atoms with Crippen molar-refractivity contribution in [3.8, 4) is 11.8 Å². The van der Waals surface area contributed by atoms with Gasteiger partial charge in [-0.05, 0) is 69.4 Å². The van der Waals surface area contributed by atoms with Crippen LogP contribution in [0.15, 0.2) is 70.7 Å². The molecule has 3 aromatic rings. The first-order valence-electron chi connectivity index (χ1n) is 9.83. The van der Waals surface area contributed by atoms with Crippen LogP contribution < -0.4 is 10.1 Å². The molecule has 0 radical (unpaired) electrons. The SMILES string of the molecule is CC[C@H](C)NC(=O)/C(C#N)=C/c1ccc(OCc2cccc3ccccc23)c(Br)c1. The molecule has 0 aliphatic carbocycles. The van der Waals surface area contributed by atoms with Crippen molar-refractivity contribution in [2.45, 2.75) is 32.9 Å². The van der Waals surface area contributed by atoms with Gasteiger partial charge in [0.15, 0.2) is 0 Å². The summed E-state index contributed by atoms with van der Waals surface area (Å²) in [6.07, 6.45) is 2.38. The second-order valence-corrected chi connectivity index (χ2v) is 7.92. The molecule has 0 aliphatic rings. The third kappa shape index (κ3) is 5.28. The van der Waals surface area contributed by atoms with Crippen molar-refractivity contribution in [1.29, 1.82) is 5.26 Å². The van der Waals surface area contributed by atoms with Crippen molar-refractivity contribution >= 4 is 38.7 Å². The molecular formula is C25H23BrN2O2. The topological polar surface area (TPSA) is 62.1 Å². The third-order valence-electron chi connectivity index (χ3n) is 4.88. The standard InChI is InChI=1S/C25H23BrN2O2/c1-3-17(2)28-25(29)21(15-27)13-18-11-12-24(23(26)14-18)30-16-20-9-6-8-19-7-4-5-10-22(19)20/h4-14,17H,3,16H2,1-2H3,(H,28,29)/b21-13+/t17-/m0/s1. The minimum atomic E-state index is -0.362. The minimum Gasteiger partial charge on any atom is -0.488 e. The van der Waals surface area contributed by atoms with Crippen LogP contribution in [0.25, 0.3) is 16.8 Å². The van der Waals surface area contributed by atoms with E-state index in [-0.39, 0.29) is 17.5 Å². The zero-order valence-corrected chi connectivity index (χ0v) is 18.6. The number of halogens is 1. The van der Waals surface area contributed by atoms with Gasteiger partial charge in [0, 0.05) is 6.04 Å². The lowest BCUT2D eigenvalue weighted by atomic mass is 10.1. The predicted molar refractivity (Wildman–Crippen MR) is 124 cm³/mol. The highest BCUT2D eigenvalue weighted by Crippen LogP contribution is 2.29. The summed E-state index contributed by atoms with van der Waals surface area (Å²) in [6, 6.07) is 21.9. The summed E-state index contributed by atoms with van der Waals surface area (Å²) >= 11 is 3.53. The summed E-state index contributed by atoms with van der Waals surface area (Å²) in [5.41, 5.74) is 1.93. The fourth-order valence-electron chi connectivity index (χ4n) is 3.02. The summed E-state index contributed by atoms with van der Waals surface area (Å²) in [6.45, 7) is 4.33. The maximum Gasteiger partial charge on any atom is 0.262 e. The summed E-state index contributed by atoms with van der Waals surface area (Å²) in [5.74, 6) is 0.335. The van der Waals surface area contributed by atoms with Crippen LogP contribution in [0.1, 0.15) is 31.4 Å². The second kappa shape index (κ2) is 10.1. The Morgan fingerprint density at radius 2 is 1.97 bits per heavy atom. The Hall–Kier alpha value is -3.10. The van der Waals surface area contributed by atoms with Crippen molar-refractivity contribution in [2.75, 3.05) is 0 Å². The van der Waals surface area contributed by atoms with Gasteiger partial charge >= 0.3 is 0 Å². The van der Waals surface area contributed by atoms with Gasteiger partial charge in [-0.2, -0.15) is 5.26 Å². The van der Waals surface area contributed by atoms with E-state index in [4.69, 9.17) is 4.74 Å². The Morgan fingerprint density at radius 3 is 2.70 bits per heavy atom. The number of hydrogen-bond donors (Lipinski definition) is 1. The average Bonchev–Trinajstić information content (AvgIpc) is 2.76. The smallest absolute Gasteiger partial charge is 0.262 e. The van der Waals surface area contributed by atoms with Gasteiger partial charge in [0.1, 0.15) is 24.0 Å². The molecule has 0 fully saturated rings. The Labute approximate surface area is 185 Å². The highest BCUT2D eigenvalue weighted by atomic mass is 79.9. The van der Waals surface area contributed by atoms with E-state index in [1.165, 1.54) is 10.8 Å². The molecule has 4 nitrogen and oxygen atoms in total. The van der Waals surface area contributed by atoms with Gasteiger partial charge in [-0.25, -0.2) is 0 Å². The summed E-state index contributed by atoms with van der Waals surface area (Å²) < 4.78 is 6.78. The van der Waals surface area contributed by atoms with Gasteiger partial charge in [-0.3, -0.25) is 4.79 Å². The molecule has 1 atom stereocenters. The van der Waals surface area contributed by atoms with Gasteiger partial charge in [0.2, 0.25) is 0 Å². The van der Waals surface area contributed by atoms with Gasteiger partial charge in [0.05, 0.1) is 4.47 Å². The monoisotopic (exact) mass is 462 g/mol. The Morgan fingerprint density at radius 1 is 1.20 bits per heavy atom. The van der Waals surface area contributed by atoms with Crippen molar-refractivity contribution < 1.29 is 9.53 Å². The molecule has 30 heavy (non-hydrogen) atoms. The molecule has 0 aliphatic heterocycles. The van der Waals surface area contributed by atoms with E-state index in [1.54, 1.807) is 6.08 Å². The van der Waals surface area contributed by atoms with Crippen LogP contribution >= 0.6 is 15.9 Å². The maximum absolute atomic E-state index is 12.2. The molecule has 0 heterocycles. The molecule has 0 aromatic heterocycles. The second-order valence-electron chi connectivity index (χ2n) is 7.07. The molecule has 0 unspecified atom stereocenters. The zero-order valence-electron chi connectivity index (χ0n) is 17.0. The Bertz CT molecular complexity index is 1130. The minimum absolute atomic E-state index is 0.0193. The van der Waals surface area contributed by atoms with Gasteiger partial charge in [-0.15, -0.1) is 0 Å². The first-order chi connectivity index (χ1) is 14.5. The fraction of sp³-hybridized carbons (Fsp3) is 0.200. The number of amides is 1. The predicted octanol–water partition coefficient (Wildman–Crippen LogP) is 6.00. The lowest BCUT2D eigenvalue weighted by molar-refractivity contribution is -0.117. The largest absolute Gasteiger partial charge is 0.488 e. The molecule has 0 spiro atoms. The molecule has 1 amide bonds. The van der Waals surface area contributed by atoms with Crippen molar-refractivity contribution in [3.63, 3.8) is 0 Å². The molecule has 152 valence electrons. The normalized spacial score (nSPS) is 12.3. The van der Waals surface area contributed by atoms with Crippen LogP contribution in [0, 0.1) is 11.3 Å². The van der Waals surface area contributed by atoms with Crippen LogP contribution in [0.2, 0.25) is 0 Å². The van der Waals surface area contributed by atoms with Crippen LogP contribution in [0.3, 0.4) is 0 Å². The number of carbonyl (C=O) groups excluding carboxylic acids is 1. The van der Waals surface area contributed by atoms with E-state index in [9.17, 15) is 10.1 Å². The first-order valence-corrected chi connectivity index (χ1v) is 10.6. The fourth-order valence-corrected chi connectivity index (χ4v) is 3.53. The first kappa shape index (κ1) is 21.6. The number of nitrogens with zero attached hydrogens (tertiary/aromatic N) is 1. The lowest BCUT2D eigenvalue weighted by Gasteiger charge is -2.12. The Balaban J connectivity index is 1.75. The van der Waals surface area contributed by atoms with Crippen molar-refractivity contribution in [1.82, 2.24) is 5.32 Å². The third-order valence-corrected chi connectivity index (χ3v) is 5.50. The zero-order chi connectivity index (χ0) is 21.5. The number of ether oxygens (including phenoxy) is 1. The van der Waals surface area contributed by atoms with Gasteiger partial charge < -0.3 is 10.1 Å². The van der Waals surface area contributed by atoms with E-state index in [1.807, 2.05) is 56.3 Å². The Kier molecular flexibility index (Phi) is 7.26. The number of rotatable bonds is 7. The van der Waals surface area contributed by atoms with E-state index < -0.39 is 0 Å². The molecule has 3 aromatic carbocycles. The van der Waals surface area contributed by atoms with Crippen LogP contribution in [0.5, 0.6) is 5.75 Å². The molecule has 0 bridgehead atoms. The van der Waals surface area contributed by atoms with Crippen LogP contribution in [-0.2, 0) is 11.4 Å². The van der Waals surface area contributed by atoms with E-state index >= 15 is 0 Å². The molecular weight excluding hydrogens is 440 g/mol. The van der Waals surface area contributed by atoms with Gasteiger partial charge in [0.25, 0.3) is 5.91 Å². The number of nitriles is 1. The number of hydrogen-bond acceptors (Lipinski definition) is 3. The quantitative estimate of drug-likeness (QED) is 0.345. The summed E-state index contributed by atoms with van der Waals surface area (Å²) in [5, 5.41) is 14.5. The van der Waals surface area contributed by atoms with Gasteiger partial charge in [-0.1, -0.05) is 55.5 Å². The van der Waals surface area contributed by atoms with Crippen molar-refractivity contribution in [2.24, 2.45) is 0 Å². The lowest BCUT2D eigenvalue weighted by Crippen LogP contribution is -2.32.